The maximum atomic E-state index is 11.1. The summed E-state index contributed by atoms with van der Waals surface area (Å²) in [6, 6.07) is 1.29. The Morgan fingerprint density at radius 1 is 1.59 bits per heavy atom. The van der Waals surface area contributed by atoms with Crippen LogP contribution in [0.2, 0.25) is 0 Å². The van der Waals surface area contributed by atoms with Crippen molar-refractivity contribution >= 4 is 16.2 Å². The highest BCUT2D eigenvalue weighted by molar-refractivity contribution is 7.87. The highest BCUT2D eigenvalue weighted by Crippen LogP contribution is 2.30. The number of nitrogens with two attached hydrogens (primary N) is 1. The molecule has 3 N–H and O–H groups in total. The Hall–Kier alpha value is -1.54. The third-order valence-electron chi connectivity index (χ3n) is 2.46. The minimum Gasteiger partial charge on any atom is -0.491 e. The molecular weight excluding hydrogens is 248 g/mol. The van der Waals surface area contributed by atoms with E-state index in [-0.39, 0.29) is 5.75 Å². The smallest absolute Gasteiger partial charge is 0.357 e. The molecule has 0 aliphatic heterocycles. The fourth-order valence-electron chi connectivity index (χ4n) is 1.42. The number of ether oxygens (including phenoxy) is 1. The Morgan fingerprint density at radius 3 is 2.71 bits per heavy atom. The van der Waals surface area contributed by atoms with Crippen LogP contribution in [0.25, 0.3) is 0 Å². The van der Waals surface area contributed by atoms with E-state index in [0.29, 0.717) is 16.5 Å². The molecule has 0 atom stereocenters. The largest absolute Gasteiger partial charge is 0.491 e. The molecule has 8 heteroatoms. The average Bonchev–Trinajstić information content (AvgIpc) is 2.91. The summed E-state index contributed by atoms with van der Waals surface area (Å²) in [5, 5.41) is 13.9. The first-order chi connectivity index (χ1) is 7.89. The van der Waals surface area contributed by atoms with Crippen LogP contribution in [-0.2, 0) is 10.2 Å². The van der Waals surface area contributed by atoms with Gasteiger partial charge >= 0.3 is 16.2 Å². The normalized spacial score (nSPS) is 15.8. The van der Waals surface area contributed by atoms with E-state index in [9.17, 15) is 13.2 Å². The second-order valence-electron chi connectivity index (χ2n) is 3.93. The van der Waals surface area contributed by atoms with Crippen molar-refractivity contribution < 1.29 is 23.1 Å². The molecule has 0 aromatic carbocycles. The lowest BCUT2D eigenvalue weighted by Gasteiger charge is -2.06. The van der Waals surface area contributed by atoms with Crippen LogP contribution in [0.5, 0.6) is 5.75 Å². The summed E-state index contributed by atoms with van der Waals surface area (Å²) in [5.41, 5.74) is -0.465. The zero-order valence-corrected chi connectivity index (χ0v) is 9.68. The van der Waals surface area contributed by atoms with E-state index < -0.39 is 21.9 Å². The molecule has 0 radical (unpaired) electrons. The van der Waals surface area contributed by atoms with E-state index in [0.717, 1.165) is 19.0 Å². The second kappa shape index (κ2) is 4.04. The molecule has 0 bridgehead atoms. The van der Waals surface area contributed by atoms with Gasteiger partial charge in [-0.05, 0) is 18.8 Å². The second-order valence-corrected chi connectivity index (χ2v) is 5.35. The van der Waals surface area contributed by atoms with Crippen molar-refractivity contribution in [2.24, 2.45) is 11.1 Å². The molecule has 1 saturated carbocycles. The van der Waals surface area contributed by atoms with Gasteiger partial charge in [-0.3, -0.25) is 0 Å². The quantitative estimate of drug-likeness (QED) is 0.775. The number of aromatic carboxylic acids is 1. The molecular formula is C9H12N2O5S. The maximum absolute atomic E-state index is 11.1. The van der Waals surface area contributed by atoms with Crippen molar-refractivity contribution in [2.75, 3.05) is 6.61 Å². The first-order valence-electron chi connectivity index (χ1n) is 5.00. The third-order valence-corrected chi connectivity index (χ3v) is 3.32. The van der Waals surface area contributed by atoms with Crippen LogP contribution >= 0.6 is 0 Å². The van der Waals surface area contributed by atoms with Gasteiger partial charge in [-0.1, -0.05) is 0 Å². The SMILES string of the molecule is NS(=O)(=O)n1ccc(OCC2CC2)c1C(=O)O. The molecule has 1 aromatic heterocycles. The van der Waals surface area contributed by atoms with E-state index in [1.807, 2.05) is 0 Å². The molecule has 17 heavy (non-hydrogen) atoms. The van der Waals surface area contributed by atoms with Gasteiger partial charge in [0, 0.05) is 12.3 Å². The minimum absolute atomic E-state index is 0.0263. The van der Waals surface area contributed by atoms with E-state index in [1.54, 1.807) is 0 Å². The van der Waals surface area contributed by atoms with Gasteiger partial charge in [0.2, 0.25) is 0 Å². The number of rotatable bonds is 5. The molecule has 0 saturated heterocycles. The Bertz CT molecular complexity index is 544. The average molecular weight is 260 g/mol. The van der Waals surface area contributed by atoms with Crippen LogP contribution in [0, 0.1) is 5.92 Å². The first kappa shape index (κ1) is 11.9. The summed E-state index contributed by atoms with van der Waals surface area (Å²) in [7, 11) is -4.12. The molecule has 0 amide bonds. The lowest BCUT2D eigenvalue weighted by Crippen LogP contribution is -2.25. The maximum Gasteiger partial charge on any atom is 0.357 e. The van der Waals surface area contributed by atoms with Crippen molar-refractivity contribution in [3.05, 3.63) is 18.0 Å². The Kier molecular flexibility index (Phi) is 2.84. The zero-order valence-electron chi connectivity index (χ0n) is 8.87. The van der Waals surface area contributed by atoms with Gasteiger partial charge < -0.3 is 9.84 Å². The van der Waals surface area contributed by atoms with Gasteiger partial charge in [-0.25, -0.2) is 13.9 Å². The van der Waals surface area contributed by atoms with E-state index in [2.05, 4.69) is 0 Å². The molecule has 1 heterocycles. The Balaban J connectivity index is 2.31. The lowest BCUT2D eigenvalue weighted by atomic mass is 10.4. The van der Waals surface area contributed by atoms with E-state index >= 15 is 0 Å². The van der Waals surface area contributed by atoms with Crippen molar-refractivity contribution in [1.29, 1.82) is 0 Å². The van der Waals surface area contributed by atoms with Gasteiger partial charge in [-0.15, -0.1) is 0 Å². The first-order valence-corrected chi connectivity index (χ1v) is 6.50. The number of hydrogen-bond donors (Lipinski definition) is 2. The summed E-state index contributed by atoms with van der Waals surface area (Å²) in [6.45, 7) is 0.398. The molecule has 0 spiro atoms. The molecule has 1 aliphatic carbocycles. The zero-order chi connectivity index (χ0) is 12.6. The highest BCUT2D eigenvalue weighted by Gasteiger charge is 2.26. The van der Waals surface area contributed by atoms with Crippen LogP contribution in [0.4, 0.5) is 0 Å². The van der Waals surface area contributed by atoms with Crippen molar-refractivity contribution in [1.82, 2.24) is 3.97 Å². The van der Waals surface area contributed by atoms with Gasteiger partial charge in [-0.2, -0.15) is 8.42 Å². The minimum atomic E-state index is -4.12. The lowest BCUT2D eigenvalue weighted by molar-refractivity contribution is 0.0684. The standard InChI is InChI=1S/C9H12N2O5S/c10-17(14,15)11-4-3-7(8(11)9(12)13)16-5-6-1-2-6/h3-4,6H,1-2,5H2,(H,12,13)(H2,10,14,15). The number of carboxylic acids is 1. The predicted octanol–water partition coefficient (Wildman–Crippen LogP) is 0.0267. The highest BCUT2D eigenvalue weighted by atomic mass is 32.2. The van der Waals surface area contributed by atoms with Crippen molar-refractivity contribution in [3.63, 3.8) is 0 Å². The van der Waals surface area contributed by atoms with Crippen LogP contribution in [0.1, 0.15) is 23.3 Å². The topological polar surface area (TPSA) is 112 Å². The summed E-state index contributed by atoms with van der Waals surface area (Å²) >= 11 is 0. The van der Waals surface area contributed by atoms with E-state index in [4.69, 9.17) is 15.0 Å². The van der Waals surface area contributed by atoms with E-state index in [1.165, 1.54) is 6.07 Å². The van der Waals surface area contributed by atoms with Crippen LogP contribution in [0.15, 0.2) is 12.3 Å². The van der Waals surface area contributed by atoms with Crippen LogP contribution in [0.3, 0.4) is 0 Å². The molecule has 94 valence electrons. The summed E-state index contributed by atoms with van der Waals surface area (Å²) < 4.78 is 28.1. The summed E-state index contributed by atoms with van der Waals surface area (Å²) in [5.74, 6) is -0.928. The number of carbonyl (C=O) groups is 1. The number of carboxylic acid groups (broad SMARTS) is 1. The van der Waals surface area contributed by atoms with Crippen molar-refractivity contribution in [2.45, 2.75) is 12.8 Å². The van der Waals surface area contributed by atoms with Crippen LogP contribution in [-0.4, -0.2) is 30.1 Å². The van der Waals surface area contributed by atoms with Crippen LogP contribution < -0.4 is 9.88 Å². The molecule has 1 fully saturated rings. The predicted molar refractivity (Wildman–Crippen MR) is 58.1 cm³/mol. The van der Waals surface area contributed by atoms with Gasteiger partial charge in [0.15, 0.2) is 11.4 Å². The summed E-state index contributed by atoms with van der Waals surface area (Å²) in [6.07, 6.45) is 3.18. The van der Waals surface area contributed by atoms with Gasteiger partial charge in [0.1, 0.15) is 0 Å². The molecule has 2 rings (SSSR count). The molecule has 1 aliphatic rings. The fourth-order valence-corrected chi connectivity index (χ4v) is 2.07. The monoisotopic (exact) mass is 260 g/mol. The number of aromatic nitrogens is 1. The molecule has 0 unspecified atom stereocenters. The Labute approximate surface area is 98.0 Å². The third kappa shape index (κ3) is 2.59. The van der Waals surface area contributed by atoms with Crippen molar-refractivity contribution in [3.8, 4) is 5.75 Å². The summed E-state index contributed by atoms with van der Waals surface area (Å²) in [4.78, 5) is 11.0. The number of hydrogen-bond acceptors (Lipinski definition) is 4. The molecule has 7 nitrogen and oxygen atoms in total. The Morgan fingerprint density at radius 2 is 2.24 bits per heavy atom. The fraction of sp³-hybridized carbons (Fsp3) is 0.444. The number of nitrogens with zero attached hydrogens (tertiary/aromatic N) is 1. The molecule has 1 aromatic rings. The van der Waals surface area contributed by atoms with Gasteiger partial charge in [0.05, 0.1) is 6.61 Å². The van der Waals surface area contributed by atoms with Gasteiger partial charge in [0.25, 0.3) is 0 Å².